The van der Waals surface area contributed by atoms with E-state index in [0.29, 0.717) is 5.92 Å². The first-order valence-corrected chi connectivity index (χ1v) is 5.23. The fraction of sp³-hybridized carbons (Fsp3) is 0.600. The van der Waals surface area contributed by atoms with Gasteiger partial charge in [0.25, 0.3) is 0 Å². The normalized spacial score (nSPS) is 17.1. The molecular weight excluding hydrogens is 194 g/mol. The Morgan fingerprint density at radius 2 is 2.27 bits per heavy atom. The lowest BCUT2D eigenvalue weighted by Gasteiger charge is -2.10. The zero-order valence-corrected chi connectivity index (χ0v) is 8.52. The molecule has 0 saturated heterocycles. The summed E-state index contributed by atoms with van der Waals surface area (Å²) in [7, 11) is 0. The molecule has 0 aliphatic heterocycles. The van der Waals surface area contributed by atoms with Crippen molar-refractivity contribution in [3.05, 3.63) is 11.8 Å². The Morgan fingerprint density at radius 1 is 1.60 bits per heavy atom. The van der Waals surface area contributed by atoms with Crippen molar-refractivity contribution in [3.63, 3.8) is 0 Å². The Balaban J connectivity index is 2.11. The van der Waals surface area contributed by atoms with E-state index < -0.39 is 5.97 Å². The number of carboxylic acids is 1. The van der Waals surface area contributed by atoms with Gasteiger partial charge in [0.2, 0.25) is 0 Å². The molecule has 2 rings (SSSR count). The van der Waals surface area contributed by atoms with Gasteiger partial charge >= 0.3 is 5.97 Å². The van der Waals surface area contributed by atoms with E-state index in [0.717, 1.165) is 6.54 Å². The maximum atomic E-state index is 10.7. The predicted molar refractivity (Wildman–Crippen MR) is 55.6 cm³/mol. The van der Waals surface area contributed by atoms with Gasteiger partial charge in [0.15, 0.2) is 0 Å². The van der Waals surface area contributed by atoms with E-state index >= 15 is 0 Å². The Morgan fingerprint density at radius 3 is 2.80 bits per heavy atom. The highest BCUT2D eigenvalue weighted by atomic mass is 16.4. The molecule has 0 bridgehead atoms. The lowest BCUT2D eigenvalue weighted by molar-refractivity contribution is 0.0698. The summed E-state index contributed by atoms with van der Waals surface area (Å²) in [5, 5.41) is 12.8. The summed E-state index contributed by atoms with van der Waals surface area (Å²) in [6, 6.07) is 0. The van der Waals surface area contributed by atoms with E-state index in [9.17, 15) is 4.79 Å². The summed E-state index contributed by atoms with van der Waals surface area (Å²) in [5.74, 6) is -0.131. The van der Waals surface area contributed by atoms with Crippen molar-refractivity contribution in [2.75, 3.05) is 5.73 Å². The minimum absolute atomic E-state index is 0.105. The van der Waals surface area contributed by atoms with Crippen molar-refractivity contribution in [1.29, 1.82) is 0 Å². The largest absolute Gasteiger partial charge is 0.477 e. The molecule has 82 valence electrons. The third-order valence-electron chi connectivity index (χ3n) is 3.02. The zero-order valence-electron chi connectivity index (χ0n) is 8.52. The standard InChI is InChI=1S/C10H15N3O2/c11-9-8(10(14)15)5-12-13(9)6-7-3-1-2-4-7/h5,7H,1-4,6,11H2,(H,14,15). The van der Waals surface area contributed by atoms with Gasteiger partial charge in [-0.2, -0.15) is 5.10 Å². The van der Waals surface area contributed by atoms with Crippen molar-refractivity contribution in [2.45, 2.75) is 32.2 Å². The molecule has 0 unspecified atom stereocenters. The van der Waals surface area contributed by atoms with Gasteiger partial charge in [-0.3, -0.25) is 0 Å². The van der Waals surface area contributed by atoms with Crippen LogP contribution in [-0.2, 0) is 6.54 Å². The second kappa shape index (κ2) is 3.92. The van der Waals surface area contributed by atoms with Crippen molar-refractivity contribution >= 4 is 11.8 Å². The first-order valence-electron chi connectivity index (χ1n) is 5.23. The fourth-order valence-corrected chi connectivity index (χ4v) is 2.14. The first kappa shape index (κ1) is 10.0. The lowest BCUT2D eigenvalue weighted by atomic mass is 10.1. The maximum Gasteiger partial charge on any atom is 0.341 e. The molecule has 1 aromatic heterocycles. The maximum absolute atomic E-state index is 10.7. The van der Waals surface area contributed by atoms with Crippen LogP contribution in [0.1, 0.15) is 36.0 Å². The summed E-state index contributed by atoms with van der Waals surface area (Å²) >= 11 is 0. The van der Waals surface area contributed by atoms with E-state index in [1.165, 1.54) is 31.9 Å². The summed E-state index contributed by atoms with van der Waals surface area (Å²) in [4.78, 5) is 10.7. The van der Waals surface area contributed by atoms with Gasteiger partial charge in [-0.15, -0.1) is 0 Å². The molecule has 1 heterocycles. The quantitative estimate of drug-likeness (QED) is 0.787. The average molecular weight is 209 g/mol. The number of nitrogen functional groups attached to an aromatic ring is 1. The zero-order chi connectivity index (χ0) is 10.8. The molecule has 0 radical (unpaired) electrons. The summed E-state index contributed by atoms with van der Waals surface area (Å²) < 4.78 is 1.61. The molecule has 0 spiro atoms. The molecule has 1 aromatic rings. The third-order valence-corrected chi connectivity index (χ3v) is 3.02. The predicted octanol–water partition coefficient (Wildman–Crippen LogP) is 1.35. The highest BCUT2D eigenvalue weighted by molar-refractivity contribution is 5.92. The Bertz CT molecular complexity index is 367. The number of aromatic nitrogens is 2. The van der Waals surface area contributed by atoms with Gasteiger partial charge < -0.3 is 10.8 Å². The second-order valence-electron chi connectivity index (χ2n) is 4.08. The van der Waals surface area contributed by atoms with Gasteiger partial charge in [0.1, 0.15) is 11.4 Å². The van der Waals surface area contributed by atoms with Crippen molar-refractivity contribution in [1.82, 2.24) is 9.78 Å². The van der Waals surface area contributed by atoms with Crippen LogP contribution in [-0.4, -0.2) is 20.9 Å². The van der Waals surface area contributed by atoms with Gasteiger partial charge in [-0.05, 0) is 18.8 Å². The van der Waals surface area contributed by atoms with E-state index in [1.807, 2.05) is 0 Å². The Hall–Kier alpha value is -1.52. The van der Waals surface area contributed by atoms with Crippen LogP contribution >= 0.6 is 0 Å². The van der Waals surface area contributed by atoms with Crippen LogP contribution in [0.4, 0.5) is 5.82 Å². The highest BCUT2D eigenvalue weighted by Gasteiger charge is 2.19. The van der Waals surface area contributed by atoms with Crippen LogP contribution in [0.15, 0.2) is 6.20 Å². The smallest absolute Gasteiger partial charge is 0.341 e. The van der Waals surface area contributed by atoms with E-state index in [4.69, 9.17) is 10.8 Å². The minimum atomic E-state index is -1.01. The van der Waals surface area contributed by atoms with Gasteiger partial charge in [-0.25, -0.2) is 9.48 Å². The SMILES string of the molecule is Nc1c(C(=O)O)cnn1CC1CCCC1. The number of hydrogen-bond donors (Lipinski definition) is 2. The van der Waals surface area contributed by atoms with Crippen molar-refractivity contribution in [3.8, 4) is 0 Å². The average Bonchev–Trinajstić information content (AvgIpc) is 2.78. The topological polar surface area (TPSA) is 81.1 Å². The molecule has 5 heteroatoms. The van der Waals surface area contributed by atoms with Crippen LogP contribution < -0.4 is 5.73 Å². The van der Waals surface area contributed by atoms with Gasteiger partial charge in [0, 0.05) is 6.54 Å². The van der Waals surface area contributed by atoms with E-state index in [-0.39, 0.29) is 11.4 Å². The third kappa shape index (κ3) is 1.95. The Kier molecular flexibility index (Phi) is 2.62. The summed E-state index contributed by atoms with van der Waals surface area (Å²) in [5.41, 5.74) is 5.81. The monoisotopic (exact) mass is 209 g/mol. The first-order chi connectivity index (χ1) is 7.18. The molecule has 1 aliphatic rings. The number of aromatic carboxylic acids is 1. The molecule has 1 fully saturated rings. The number of carboxylic acid groups (broad SMARTS) is 1. The van der Waals surface area contributed by atoms with Crippen LogP contribution in [0.25, 0.3) is 0 Å². The van der Waals surface area contributed by atoms with Crippen LogP contribution in [0.5, 0.6) is 0 Å². The molecule has 0 aromatic carbocycles. The number of nitrogens with zero attached hydrogens (tertiary/aromatic N) is 2. The summed E-state index contributed by atoms with van der Waals surface area (Å²) in [6.45, 7) is 0.749. The molecule has 0 amide bonds. The van der Waals surface area contributed by atoms with Crippen molar-refractivity contribution < 1.29 is 9.90 Å². The second-order valence-corrected chi connectivity index (χ2v) is 4.08. The molecule has 5 nitrogen and oxygen atoms in total. The number of rotatable bonds is 3. The summed E-state index contributed by atoms with van der Waals surface area (Å²) in [6.07, 6.45) is 6.24. The number of carbonyl (C=O) groups is 1. The Labute approximate surface area is 87.9 Å². The minimum Gasteiger partial charge on any atom is -0.477 e. The van der Waals surface area contributed by atoms with E-state index in [1.54, 1.807) is 4.68 Å². The van der Waals surface area contributed by atoms with Crippen LogP contribution in [0.2, 0.25) is 0 Å². The number of nitrogens with two attached hydrogens (primary N) is 1. The van der Waals surface area contributed by atoms with Gasteiger partial charge in [-0.1, -0.05) is 12.8 Å². The number of anilines is 1. The molecule has 1 aliphatic carbocycles. The van der Waals surface area contributed by atoms with Gasteiger partial charge in [0.05, 0.1) is 6.20 Å². The molecule has 1 saturated carbocycles. The number of hydrogen-bond acceptors (Lipinski definition) is 3. The lowest BCUT2D eigenvalue weighted by Crippen LogP contribution is -2.12. The van der Waals surface area contributed by atoms with Crippen LogP contribution in [0, 0.1) is 5.92 Å². The van der Waals surface area contributed by atoms with Crippen molar-refractivity contribution in [2.24, 2.45) is 5.92 Å². The highest BCUT2D eigenvalue weighted by Crippen LogP contribution is 2.27. The molecule has 3 N–H and O–H groups in total. The fourth-order valence-electron chi connectivity index (χ4n) is 2.14. The molecular formula is C10H15N3O2. The van der Waals surface area contributed by atoms with Crippen LogP contribution in [0.3, 0.4) is 0 Å². The molecule has 15 heavy (non-hydrogen) atoms. The molecule has 0 atom stereocenters. The van der Waals surface area contributed by atoms with E-state index in [2.05, 4.69) is 5.10 Å².